The Morgan fingerprint density at radius 3 is 2.17 bits per heavy atom. The average Bonchev–Trinajstić information content (AvgIpc) is 2.97. The second-order valence-electron chi connectivity index (χ2n) is 12.1. The van der Waals surface area contributed by atoms with Gasteiger partial charge in [0.2, 0.25) is 0 Å². The molecule has 0 bridgehead atoms. The number of hydrogen-bond acceptors (Lipinski definition) is 4. The Morgan fingerprint density at radius 2 is 1.55 bits per heavy atom. The molecule has 0 aliphatic rings. The van der Waals surface area contributed by atoms with Crippen molar-refractivity contribution >= 4 is 34.8 Å². The molecule has 0 aromatic heterocycles. The van der Waals surface area contributed by atoms with Gasteiger partial charge in [-0.15, -0.1) is 0 Å². The van der Waals surface area contributed by atoms with Gasteiger partial charge >= 0.3 is 0 Å². The van der Waals surface area contributed by atoms with Crippen molar-refractivity contribution in [1.82, 2.24) is 0 Å². The third-order valence-corrected chi connectivity index (χ3v) is 8.58. The van der Waals surface area contributed by atoms with Gasteiger partial charge in [0.1, 0.15) is 11.5 Å². The molecule has 1 atom stereocenters. The van der Waals surface area contributed by atoms with Gasteiger partial charge in [-0.2, -0.15) is 0 Å². The van der Waals surface area contributed by atoms with Crippen molar-refractivity contribution in [2.75, 3.05) is 10.6 Å². The van der Waals surface area contributed by atoms with Crippen molar-refractivity contribution in [1.29, 1.82) is 0 Å². The molecular weight excluding hydrogens is 548 g/mol. The minimum Gasteiger partial charge on any atom is -0.506 e. The summed E-state index contributed by atoms with van der Waals surface area (Å²) in [7, 11) is 0. The summed E-state index contributed by atoms with van der Waals surface area (Å²) in [5.74, 6) is -0.261. The second-order valence-corrected chi connectivity index (χ2v) is 12.5. The van der Waals surface area contributed by atoms with E-state index in [-0.39, 0.29) is 44.8 Å². The van der Waals surface area contributed by atoms with Crippen molar-refractivity contribution in [2.45, 2.75) is 97.5 Å². The number of ether oxygens (including phenoxy) is 1. The smallest absolute Gasteiger partial charge is 0.265 e. The predicted molar refractivity (Wildman–Crippen MR) is 173 cm³/mol. The first-order chi connectivity index (χ1) is 19.8. The lowest BCUT2D eigenvalue weighted by atomic mass is 9.76. The fourth-order valence-electron chi connectivity index (χ4n) is 4.52. The molecule has 2 amide bonds. The number of hydrogen-bond donors (Lipinski definition) is 3. The maximum absolute atomic E-state index is 13.6. The van der Waals surface area contributed by atoms with Crippen LogP contribution in [0.2, 0.25) is 5.02 Å². The number of rotatable bonds is 13. The van der Waals surface area contributed by atoms with E-state index in [2.05, 4.69) is 71.2 Å². The van der Waals surface area contributed by atoms with Gasteiger partial charge < -0.3 is 20.5 Å². The number of phenols is 1. The third-order valence-electron chi connectivity index (χ3n) is 8.27. The highest BCUT2D eigenvalue weighted by Gasteiger charge is 2.29. The number of carbonyl (C=O) groups excluding carboxylic acids is 2. The van der Waals surface area contributed by atoms with Gasteiger partial charge in [-0.25, -0.2) is 0 Å². The van der Waals surface area contributed by atoms with E-state index in [4.69, 9.17) is 16.3 Å². The quantitative estimate of drug-likeness (QED) is 0.173. The normalized spacial score (nSPS) is 12.5. The van der Waals surface area contributed by atoms with Crippen LogP contribution in [0.3, 0.4) is 0 Å². The maximum Gasteiger partial charge on any atom is 0.265 e. The lowest BCUT2D eigenvalue weighted by Crippen LogP contribution is -2.34. The first-order valence-corrected chi connectivity index (χ1v) is 15.2. The summed E-state index contributed by atoms with van der Waals surface area (Å²) in [5, 5.41) is 16.3. The van der Waals surface area contributed by atoms with E-state index in [9.17, 15) is 14.7 Å². The van der Waals surface area contributed by atoms with Crippen molar-refractivity contribution in [3.05, 3.63) is 82.4 Å². The molecule has 3 aromatic carbocycles. The van der Waals surface area contributed by atoms with Gasteiger partial charge in [-0.05, 0) is 66.3 Å². The van der Waals surface area contributed by atoms with Crippen molar-refractivity contribution in [2.24, 2.45) is 0 Å². The summed E-state index contributed by atoms with van der Waals surface area (Å²) in [6, 6.07) is 17.7. The van der Waals surface area contributed by atoms with Crippen LogP contribution in [0, 0.1) is 0 Å². The molecule has 3 N–H and O–H groups in total. The second kappa shape index (κ2) is 14.1. The fraction of sp³-hybridized carbons (Fsp3) is 0.429. The molecule has 0 radical (unpaired) electrons. The highest BCUT2D eigenvalue weighted by atomic mass is 35.5. The average molecular weight is 593 g/mol. The SMILES string of the molecule is CCCCC(Oc1ccc(C(C)(C)CC)cc1C(C)(C)CC)C(=O)Nc1cc(O)c(NC(=O)c2ccccc2)cc1Cl. The van der Waals surface area contributed by atoms with Gasteiger partial charge in [0.15, 0.2) is 6.10 Å². The number of benzene rings is 3. The predicted octanol–water partition coefficient (Wildman–Crippen LogP) is 9.25. The number of phenolic OH excluding ortho intramolecular Hbond substituents is 1. The summed E-state index contributed by atoms with van der Waals surface area (Å²) in [6.07, 6.45) is 3.37. The zero-order valence-electron chi connectivity index (χ0n) is 25.9. The van der Waals surface area contributed by atoms with Crippen molar-refractivity contribution in [3.8, 4) is 11.5 Å². The van der Waals surface area contributed by atoms with E-state index < -0.39 is 6.10 Å². The highest BCUT2D eigenvalue weighted by molar-refractivity contribution is 6.34. The van der Waals surface area contributed by atoms with E-state index in [0.29, 0.717) is 17.7 Å². The lowest BCUT2D eigenvalue weighted by Gasteiger charge is -2.31. The topological polar surface area (TPSA) is 87.7 Å². The van der Waals surface area contributed by atoms with Crippen LogP contribution in [0.15, 0.2) is 60.7 Å². The van der Waals surface area contributed by atoms with Crippen LogP contribution in [-0.4, -0.2) is 23.0 Å². The molecule has 3 aromatic rings. The van der Waals surface area contributed by atoms with Crippen molar-refractivity contribution in [3.63, 3.8) is 0 Å². The first kappa shape index (κ1) is 33.0. The summed E-state index contributed by atoms with van der Waals surface area (Å²) >= 11 is 6.50. The van der Waals surface area contributed by atoms with Crippen LogP contribution in [0.4, 0.5) is 11.4 Å². The minimum absolute atomic E-state index is 0.0154. The lowest BCUT2D eigenvalue weighted by molar-refractivity contribution is -0.123. The highest BCUT2D eigenvalue weighted by Crippen LogP contribution is 2.39. The van der Waals surface area contributed by atoms with Gasteiger partial charge in [0, 0.05) is 17.2 Å². The third kappa shape index (κ3) is 8.07. The number of aromatic hydroxyl groups is 1. The van der Waals surface area contributed by atoms with E-state index in [1.165, 1.54) is 17.7 Å². The number of nitrogens with one attached hydrogen (secondary N) is 2. The van der Waals surface area contributed by atoms with E-state index in [1.807, 2.05) is 12.1 Å². The molecule has 0 heterocycles. The Balaban J connectivity index is 1.87. The van der Waals surface area contributed by atoms with Crippen LogP contribution in [0.25, 0.3) is 0 Å². The molecule has 3 rings (SSSR count). The van der Waals surface area contributed by atoms with Gasteiger partial charge in [0.25, 0.3) is 11.8 Å². The zero-order valence-corrected chi connectivity index (χ0v) is 26.7. The van der Waals surface area contributed by atoms with Crippen LogP contribution >= 0.6 is 11.6 Å². The largest absolute Gasteiger partial charge is 0.506 e. The molecule has 0 aliphatic carbocycles. The standard InChI is InChI=1S/C35H45ClN2O4/c1-8-11-17-31(42-30-19-18-24(34(4,5)9-2)20-25(30)35(6,7)10-3)33(41)37-27-22-29(39)28(21-26(27)36)38-32(40)23-15-13-12-14-16-23/h12-16,18-22,31,39H,8-11,17H2,1-7H3,(H,37,41)(H,38,40). The molecule has 0 spiro atoms. The molecule has 6 nitrogen and oxygen atoms in total. The number of halogens is 1. The summed E-state index contributed by atoms with van der Waals surface area (Å²) in [6.45, 7) is 15.3. The van der Waals surface area contributed by atoms with Gasteiger partial charge in [0.05, 0.1) is 16.4 Å². The Hall–Kier alpha value is -3.51. The summed E-state index contributed by atoms with van der Waals surface area (Å²) in [5.41, 5.74) is 3.00. The van der Waals surface area contributed by atoms with Crippen LogP contribution < -0.4 is 15.4 Å². The molecule has 7 heteroatoms. The molecule has 1 unspecified atom stereocenters. The Labute approximate surface area is 255 Å². The Morgan fingerprint density at radius 1 is 0.881 bits per heavy atom. The van der Waals surface area contributed by atoms with Crippen LogP contribution in [0.1, 0.15) is 102 Å². The van der Waals surface area contributed by atoms with Crippen LogP contribution in [-0.2, 0) is 15.6 Å². The van der Waals surface area contributed by atoms with E-state index in [1.54, 1.807) is 24.3 Å². The molecule has 0 saturated carbocycles. The fourth-order valence-corrected chi connectivity index (χ4v) is 4.73. The van der Waals surface area contributed by atoms with Crippen LogP contribution in [0.5, 0.6) is 11.5 Å². The molecule has 42 heavy (non-hydrogen) atoms. The van der Waals surface area contributed by atoms with E-state index in [0.717, 1.165) is 31.2 Å². The molecule has 226 valence electrons. The zero-order chi connectivity index (χ0) is 31.1. The summed E-state index contributed by atoms with van der Waals surface area (Å²) < 4.78 is 6.49. The van der Waals surface area contributed by atoms with Gasteiger partial charge in [-0.1, -0.05) is 96.8 Å². The number of unbranched alkanes of at least 4 members (excludes halogenated alkanes) is 1. The summed E-state index contributed by atoms with van der Waals surface area (Å²) in [4.78, 5) is 26.2. The minimum atomic E-state index is -0.767. The number of anilines is 2. The maximum atomic E-state index is 13.6. The first-order valence-electron chi connectivity index (χ1n) is 14.8. The monoisotopic (exact) mass is 592 g/mol. The van der Waals surface area contributed by atoms with E-state index >= 15 is 0 Å². The molecule has 0 saturated heterocycles. The molecule has 0 fully saturated rings. The Bertz CT molecular complexity index is 1390. The molecule has 0 aliphatic heterocycles. The van der Waals surface area contributed by atoms with Crippen molar-refractivity contribution < 1.29 is 19.4 Å². The number of carbonyl (C=O) groups is 2. The Kier molecular flexibility index (Phi) is 11.1. The molecular formula is C35H45ClN2O4. The number of amides is 2. The van der Waals surface area contributed by atoms with Gasteiger partial charge in [-0.3, -0.25) is 9.59 Å².